The number of thioether (sulfide) groups is 1. The van der Waals surface area contributed by atoms with Crippen LogP contribution < -0.4 is 5.32 Å². The van der Waals surface area contributed by atoms with Gasteiger partial charge in [0.1, 0.15) is 5.82 Å². The Balaban J connectivity index is 1.78. The number of nitrogens with one attached hydrogen (secondary N) is 1. The summed E-state index contributed by atoms with van der Waals surface area (Å²) in [4.78, 5) is 14.3. The largest absolute Gasteiger partial charge is 0.354 e. The van der Waals surface area contributed by atoms with Gasteiger partial charge in [0.15, 0.2) is 5.78 Å². The number of benzene rings is 3. The fourth-order valence-electron chi connectivity index (χ4n) is 3.77. The number of ketones is 1. The lowest BCUT2D eigenvalue weighted by molar-refractivity contribution is 0.103. The molecule has 1 aliphatic heterocycles. The molecule has 4 heteroatoms. The lowest BCUT2D eigenvalue weighted by Crippen LogP contribution is -2.09. The fraction of sp³-hybridized carbons (Fsp3) is 0.0870. The van der Waals surface area contributed by atoms with Gasteiger partial charge < -0.3 is 5.32 Å². The monoisotopic (exact) mass is 373 g/mol. The average Bonchev–Trinajstić information content (AvgIpc) is 2.85. The van der Waals surface area contributed by atoms with Gasteiger partial charge in [-0.15, -0.1) is 11.8 Å². The van der Waals surface area contributed by atoms with E-state index in [0.717, 1.165) is 21.8 Å². The number of aryl methyl sites for hydroxylation is 1. The van der Waals surface area contributed by atoms with Crippen molar-refractivity contribution in [2.24, 2.45) is 0 Å². The van der Waals surface area contributed by atoms with Crippen LogP contribution in [0.3, 0.4) is 0 Å². The van der Waals surface area contributed by atoms with Crippen LogP contribution in [0.2, 0.25) is 0 Å². The first kappa shape index (κ1) is 16.3. The third-order valence-electron chi connectivity index (χ3n) is 5.11. The minimum atomic E-state index is -0.407. The van der Waals surface area contributed by atoms with Crippen LogP contribution in [-0.4, -0.2) is 5.78 Å². The Morgan fingerprint density at radius 3 is 2.52 bits per heavy atom. The van der Waals surface area contributed by atoms with Crippen molar-refractivity contribution in [1.29, 1.82) is 0 Å². The van der Waals surface area contributed by atoms with Crippen molar-refractivity contribution in [1.82, 2.24) is 0 Å². The lowest BCUT2D eigenvalue weighted by Gasteiger charge is -2.18. The molecule has 0 bridgehead atoms. The number of carbonyl (C=O) groups excluding carboxylic acids is 1. The molecule has 1 aliphatic carbocycles. The highest BCUT2D eigenvalue weighted by molar-refractivity contribution is 8.00. The van der Waals surface area contributed by atoms with Gasteiger partial charge in [0.25, 0.3) is 0 Å². The van der Waals surface area contributed by atoms with E-state index >= 15 is 4.39 Å². The second-order valence-electron chi connectivity index (χ2n) is 6.76. The van der Waals surface area contributed by atoms with E-state index in [-0.39, 0.29) is 11.6 Å². The van der Waals surface area contributed by atoms with Gasteiger partial charge in [0, 0.05) is 27.2 Å². The first-order valence-corrected chi connectivity index (χ1v) is 9.69. The van der Waals surface area contributed by atoms with Crippen molar-refractivity contribution in [3.63, 3.8) is 0 Å². The van der Waals surface area contributed by atoms with Gasteiger partial charge >= 0.3 is 0 Å². The molecule has 1 heterocycles. The van der Waals surface area contributed by atoms with Gasteiger partial charge in [-0.05, 0) is 24.6 Å². The maximum Gasteiger partial charge on any atom is 0.193 e. The predicted octanol–water partition coefficient (Wildman–Crippen LogP) is 6.00. The van der Waals surface area contributed by atoms with Crippen LogP contribution in [0.4, 0.5) is 10.1 Å². The second-order valence-corrected chi connectivity index (χ2v) is 7.91. The quantitative estimate of drug-likeness (QED) is 0.567. The van der Waals surface area contributed by atoms with Crippen LogP contribution >= 0.6 is 11.8 Å². The number of hydrogen-bond acceptors (Lipinski definition) is 3. The van der Waals surface area contributed by atoms with Gasteiger partial charge in [0.2, 0.25) is 0 Å². The maximum atomic E-state index is 15.0. The molecular weight excluding hydrogens is 357 g/mol. The molecule has 0 saturated heterocycles. The number of anilines is 1. The Bertz CT molecular complexity index is 1130. The summed E-state index contributed by atoms with van der Waals surface area (Å²) in [5, 5.41) is 3.05. The second kappa shape index (κ2) is 6.10. The molecule has 1 atom stereocenters. The molecule has 1 unspecified atom stereocenters. The average molecular weight is 373 g/mol. The van der Waals surface area contributed by atoms with Crippen molar-refractivity contribution >= 4 is 28.9 Å². The number of fused-ring (bicyclic) bond motifs is 3. The third-order valence-corrected chi connectivity index (χ3v) is 6.45. The Kier molecular flexibility index (Phi) is 3.69. The summed E-state index contributed by atoms with van der Waals surface area (Å²) >= 11 is 1.52. The highest BCUT2D eigenvalue weighted by Crippen LogP contribution is 2.52. The number of halogens is 1. The van der Waals surface area contributed by atoms with Gasteiger partial charge in [0.05, 0.1) is 16.6 Å². The number of carbonyl (C=O) groups is 1. The van der Waals surface area contributed by atoms with E-state index in [9.17, 15) is 4.79 Å². The summed E-state index contributed by atoms with van der Waals surface area (Å²) in [6.07, 6.45) is 0. The summed E-state index contributed by atoms with van der Waals surface area (Å²) in [5.41, 5.74) is 5.05. The highest BCUT2D eigenvalue weighted by atomic mass is 32.2. The highest BCUT2D eigenvalue weighted by Gasteiger charge is 2.39. The minimum absolute atomic E-state index is 0.0284. The van der Waals surface area contributed by atoms with Gasteiger partial charge in [-0.25, -0.2) is 4.39 Å². The number of hydrogen-bond donors (Lipinski definition) is 1. The van der Waals surface area contributed by atoms with Crippen molar-refractivity contribution in [3.8, 4) is 0 Å². The SMILES string of the molecule is Cc1cccc(C2Sc3ccccc3NC3=C2C(=O)c2ccccc23)c1F. The first-order valence-electron chi connectivity index (χ1n) is 8.81. The summed E-state index contributed by atoms with van der Waals surface area (Å²) < 4.78 is 15.0. The van der Waals surface area contributed by atoms with Crippen LogP contribution in [0.15, 0.2) is 77.2 Å². The molecule has 0 radical (unpaired) electrons. The van der Waals surface area contributed by atoms with Crippen LogP contribution in [0.25, 0.3) is 5.70 Å². The van der Waals surface area contributed by atoms with E-state index in [1.54, 1.807) is 19.1 Å². The van der Waals surface area contributed by atoms with E-state index in [1.165, 1.54) is 11.8 Å². The Morgan fingerprint density at radius 1 is 0.926 bits per heavy atom. The lowest BCUT2D eigenvalue weighted by atomic mass is 9.99. The smallest absolute Gasteiger partial charge is 0.193 e. The molecular formula is C23H16FNOS. The maximum absolute atomic E-state index is 15.0. The van der Waals surface area contributed by atoms with Crippen LogP contribution in [0.1, 0.15) is 32.3 Å². The zero-order valence-corrected chi connectivity index (χ0v) is 15.4. The Morgan fingerprint density at radius 2 is 1.67 bits per heavy atom. The molecule has 3 aromatic rings. The molecule has 0 aromatic heterocycles. The molecule has 0 spiro atoms. The minimum Gasteiger partial charge on any atom is -0.354 e. The predicted molar refractivity (Wildman–Crippen MR) is 107 cm³/mol. The van der Waals surface area contributed by atoms with E-state index in [4.69, 9.17) is 0 Å². The molecule has 5 rings (SSSR count). The number of rotatable bonds is 1. The van der Waals surface area contributed by atoms with Crippen molar-refractivity contribution in [3.05, 3.63) is 100 Å². The molecule has 2 nitrogen and oxygen atoms in total. The third kappa shape index (κ3) is 2.44. The summed E-state index contributed by atoms with van der Waals surface area (Å²) in [7, 11) is 0. The molecule has 132 valence electrons. The summed E-state index contributed by atoms with van der Waals surface area (Å²) in [5.74, 6) is -0.274. The first-order chi connectivity index (χ1) is 13.1. The van der Waals surface area contributed by atoms with Gasteiger partial charge in [-0.2, -0.15) is 0 Å². The van der Waals surface area contributed by atoms with E-state index in [1.807, 2.05) is 54.6 Å². The molecule has 0 amide bonds. The molecule has 3 aromatic carbocycles. The Labute approximate surface area is 161 Å². The van der Waals surface area contributed by atoms with E-state index in [0.29, 0.717) is 22.3 Å². The molecule has 0 saturated carbocycles. The Hall–Kier alpha value is -2.85. The van der Waals surface area contributed by atoms with Crippen molar-refractivity contribution in [2.45, 2.75) is 17.1 Å². The molecule has 0 fully saturated rings. The standard InChI is InChI=1S/C23H16FNOS/c1-13-7-6-10-16(20(13)24)23-19-21(14-8-2-3-9-15(14)22(19)26)25-17-11-4-5-12-18(17)27-23/h2-12,23,25H,1H3. The molecule has 27 heavy (non-hydrogen) atoms. The fourth-order valence-corrected chi connectivity index (χ4v) is 5.08. The normalized spacial score (nSPS) is 17.7. The molecule has 2 aliphatic rings. The zero-order chi connectivity index (χ0) is 18.5. The number of Topliss-reactive ketones (excluding diaryl/α,β-unsaturated/α-hetero) is 1. The van der Waals surface area contributed by atoms with Gasteiger partial charge in [-0.3, -0.25) is 4.79 Å². The zero-order valence-electron chi connectivity index (χ0n) is 14.6. The summed E-state index contributed by atoms with van der Waals surface area (Å²) in [6, 6.07) is 20.9. The van der Waals surface area contributed by atoms with E-state index in [2.05, 4.69) is 5.32 Å². The number of para-hydroxylation sites is 1. The van der Waals surface area contributed by atoms with Crippen LogP contribution in [0.5, 0.6) is 0 Å². The summed E-state index contributed by atoms with van der Waals surface area (Å²) in [6.45, 7) is 1.76. The van der Waals surface area contributed by atoms with Crippen LogP contribution in [-0.2, 0) is 0 Å². The van der Waals surface area contributed by atoms with Crippen molar-refractivity contribution < 1.29 is 9.18 Å². The van der Waals surface area contributed by atoms with Gasteiger partial charge in [-0.1, -0.05) is 54.6 Å². The molecule has 1 N–H and O–H groups in total. The van der Waals surface area contributed by atoms with Crippen LogP contribution in [0, 0.1) is 12.7 Å². The van der Waals surface area contributed by atoms with E-state index < -0.39 is 5.25 Å². The van der Waals surface area contributed by atoms with Crippen molar-refractivity contribution in [2.75, 3.05) is 5.32 Å². The topological polar surface area (TPSA) is 29.1 Å².